The van der Waals surface area contributed by atoms with Crippen LogP contribution >= 0.6 is 0 Å². The molecule has 0 bridgehead atoms. The molecule has 1 aromatic heterocycles. The van der Waals surface area contributed by atoms with Crippen molar-refractivity contribution in [3.8, 4) is 5.75 Å². The fraction of sp³-hybridized carbons (Fsp3) is 0.490. The van der Waals surface area contributed by atoms with Gasteiger partial charge in [-0.25, -0.2) is 9.78 Å². The summed E-state index contributed by atoms with van der Waals surface area (Å²) in [5.74, 6) is -9.04. The predicted molar refractivity (Wildman–Crippen MR) is 278 cm³/mol. The molecule has 8 atom stereocenters. The molecule has 406 valence electrons. The molecule has 2 heterocycles. The molecular weight excluding hydrogens is 1000 g/mol. The molecule has 8 amide bonds. The Morgan fingerprint density at radius 1 is 0.733 bits per heavy atom. The quantitative estimate of drug-likeness (QED) is 0.0155. The van der Waals surface area contributed by atoms with Crippen molar-refractivity contribution in [3.63, 3.8) is 0 Å². The Hall–Kier alpha value is -6.83. The predicted octanol–water partition coefficient (Wildman–Crippen LogP) is -2.46. The maximum absolute atomic E-state index is 14.5. The zero-order chi connectivity index (χ0) is 54.6. The standard InChI is InChI=1S/C49H70N14O11.Ca.2H/c1-26(2)39(61-42(67)33(12-8-18-55-49(52)53)57-41(66)32(50)23-38(51)65)45(70)58-34(20-29-14-16-31(64)17-15-29)43(68)62-40(27(3)4)46(71)59-35(22-30-24-54-25-56-30)47(72)63-19-9-13-37(63)44(69)60-36(48(73)74)21-28-10-6-5-7-11-28;;;/h5-7,10-11,14-17,24-27,32-37,39-40,64H,8-9,12-13,18-23,50H2,1-4H3,(H2,51,65)(H,54,56)(H,57,66)(H,58,70)(H,59,71)(H,60,69)(H,61,67)(H,62,68)(H,73,74)(H4,52,53,55);;;/q;+2;2*-1/t32-,33-,34-,35-,36-,37-,39-,40-;;;/m0.../s1. The van der Waals surface area contributed by atoms with Crippen molar-refractivity contribution >= 4 is 96.9 Å². The number of rotatable bonds is 28. The molecule has 75 heavy (non-hydrogen) atoms. The van der Waals surface area contributed by atoms with Crippen LogP contribution in [0.1, 0.15) is 79.5 Å². The van der Waals surface area contributed by atoms with Crippen LogP contribution in [-0.4, -0.2) is 183 Å². The van der Waals surface area contributed by atoms with Gasteiger partial charge >= 0.3 is 43.7 Å². The molecule has 2 aromatic carbocycles. The number of hydrogen-bond acceptors (Lipinski definition) is 13. The number of guanidine groups is 1. The van der Waals surface area contributed by atoms with Gasteiger partial charge in [0.15, 0.2) is 5.96 Å². The molecule has 0 radical (unpaired) electrons. The summed E-state index contributed by atoms with van der Waals surface area (Å²) in [6.07, 6.45) is 2.86. The average Bonchev–Trinajstić information content (AvgIpc) is 4.06. The molecule has 1 fully saturated rings. The van der Waals surface area contributed by atoms with Crippen LogP contribution in [0.5, 0.6) is 5.75 Å². The zero-order valence-electron chi connectivity index (χ0n) is 44.6. The number of aliphatic imine (C=N–C) groups is 1. The van der Waals surface area contributed by atoms with Gasteiger partial charge in [0, 0.05) is 44.2 Å². The first-order valence-corrected chi connectivity index (χ1v) is 24.3. The van der Waals surface area contributed by atoms with Gasteiger partial charge in [0.1, 0.15) is 48.0 Å². The molecule has 26 heteroatoms. The number of aromatic amines is 1. The molecule has 3 aromatic rings. The number of carboxylic acid groups (broad SMARTS) is 1. The molecule has 1 aliphatic heterocycles. The van der Waals surface area contributed by atoms with Gasteiger partial charge in [-0.1, -0.05) is 70.2 Å². The van der Waals surface area contributed by atoms with Gasteiger partial charge in [0.05, 0.1) is 18.8 Å². The zero-order valence-corrected chi connectivity index (χ0v) is 44.8. The number of imidazole rings is 1. The smallest absolute Gasteiger partial charge is 1.00 e. The van der Waals surface area contributed by atoms with Crippen LogP contribution in [0.2, 0.25) is 0 Å². The number of hydrogen-bond donors (Lipinski definition) is 13. The van der Waals surface area contributed by atoms with E-state index < -0.39 is 120 Å². The second-order valence-corrected chi connectivity index (χ2v) is 18.8. The number of amides is 8. The van der Waals surface area contributed by atoms with E-state index in [1.807, 2.05) is 0 Å². The third-order valence-corrected chi connectivity index (χ3v) is 12.2. The minimum Gasteiger partial charge on any atom is -1.00 e. The number of nitrogens with two attached hydrogens (primary N) is 4. The number of phenols is 1. The van der Waals surface area contributed by atoms with Crippen molar-refractivity contribution in [1.82, 2.24) is 46.8 Å². The number of H-pyrrole nitrogens is 1. The van der Waals surface area contributed by atoms with Crippen LogP contribution < -0.4 is 54.8 Å². The molecule has 17 N–H and O–H groups in total. The average molecular weight is 1070 g/mol. The van der Waals surface area contributed by atoms with E-state index in [0.717, 1.165) is 0 Å². The summed E-state index contributed by atoms with van der Waals surface area (Å²) in [4.78, 5) is 134. The molecule has 0 saturated carbocycles. The van der Waals surface area contributed by atoms with Gasteiger partial charge in [-0.2, -0.15) is 0 Å². The molecule has 4 rings (SSSR count). The number of carboxylic acids is 1. The van der Waals surface area contributed by atoms with Gasteiger partial charge in [-0.3, -0.25) is 43.3 Å². The third kappa shape index (κ3) is 20.1. The van der Waals surface area contributed by atoms with E-state index in [0.29, 0.717) is 23.2 Å². The number of aliphatic carboxylic acids is 1. The minimum atomic E-state index is -1.41. The summed E-state index contributed by atoms with van der Waals surface area (Å²) >= 11 is 0. The fourth-order valence-corrected chi connectivity index (χ4v) is 8.18. The number of carbonyl (C=O) groups is 9. The number of benzene rings is 2. The van der Waals surface area contributed by atoms with E-state index in [-0.39, 0.29) is 104 Å². The first kappa shape index (κ1) is 62.5. The molecule has 0 spiro atoms. The first-order chi connectivity index (χ1) is 35.0. The van der Waals surface area contributed by atoms with Crippen molar-refractivity contribution in [1.29, 1.82) is 0 Å². The maximum atomic E-state index is 14.5. The SMILES string of the molecule is CC(C)[C@H](NC(=O)[C@H](CCCN=C(N)N)NC(=O)[C@@H](N)CC(N)=O)C(=O)N[C@@H](Cc1ccc(O)cc1)C(=O)N[C@H](C(=O)N[C@@H](Cc1cnc[nH]1)C(=O)N1CCC[C@H]1C(=O)N[C@@H](Cc1ccccc1)C(=O)O)C(C)C.[Ca+2].[H-].[H-]. The molecule has 0 unspecified atom stereocenters. The van der Waals surface area contributed by atoms with Gasteiger partial charge in [-0.15, -0.1) is 0 Å². The summed E-state index contributed by atoms with van der Waals surface area (Å²) in [5.41, 5.74) is 23.5. The minimum absolute atomic E-state index is 0. The number of aromatic nitrogens is 2. The van der Waals surface area contributed by atoms with E-state index in [4.69, 9.17) is 22.9 Å². The Balaban J connectivity index is 0.00000988. The van der Waals surface area contributed by atoms with Crippen LogP contribution in [-0.2, 0) is 62.4 Å². The Morgan fingerprint density at radius 2 is 1.29 bits per heavy atom. The second kappa shape index (κ2) is 30.5. The van der Waals surface area contributed by atoms with E-state index in [1.54, 1.807) is 58.0 Å². The van der Waals surface area contributed by atoms with Crippen molar-refractivity contribution in [2.45, 2.75) is 127 Å². The Morgan fingerprint density at radius 3 is 1.84 bits per heavy atom. The Kier molecular flexibility index (Phi) is 25.4. The van der Waals surface area contributed by atoms with Crippen LogP contribution in [0.3, 0.4) is 0 Å². The van der Waals surface area contributed by atoms with Crippen molar-refractivity contribution < 1.29 is 56.2 Å². The van der Waals surface area contributed by atoms with Gasteiger partial charge in [0.2, 0.25) is 47.3 Å². The summed E-state index contributed by atoms with van der Waals surface area (Å²) in [6.45, 7) is 6.77. The Labute approximate surface area is 467 Å². The van der Waals surface area contributed by atoms with Gasteiger partial charge in [-0.05, 0) is 60.8 Å². The van der Waals surface area contributed by atoms with Gasteiger partial charge in [0.25, 0.3) is 0 Å². The van der Waals surface area contributed by atoms with Gasteiger partial charge < -0.3 is 77.8 Å². The van der Waals surface area contributed by atoms with E-state index in [9.17, 15) is 53.4 Å². The number of carbonyl (C=O) groups excluding carboxylic acids is 8. The molecule has 0 aliphatic carbocycles. The van der Waals surface area contributed by atoms with Crippen LogP contribution in [0.25, 0.3) is 0 Å². The van der Waals surface area contributed by atoms with Crippen LogP contribution in [0.15, 0.2) is 72.1 Å². The summed E-state index contributed by atoms with van der Waals surface area (Å²) in [5, 5.41) is 35.9. The monoisotopic (exact) mass is 1070 g/mol. The number of nitrogens with zero attached hydrogens (tertiary/aromatic N) is 3. The van der Waals surface area contributed by atoms with Crippen LogP contribution in [0, 0.1) is 11.8 Å². The number of phenolic OH excluding ortho intramolecular Hbond substituents is 1. The topological polar surface area (TPSA) is 415 Å². The molecule has 1 aliphatic rings. The first-order valence-electron chi connectivity index (χ1n) is 24.3. The van der Waals surface area contributed by atoms with Crippen molar-refractivity contribution in [3.05, 3.63) is 83.9 Å². The third-order valence-electron chi connectivity index (χ3n) is 12.2. The van der Waals surface area contributed by atoms with Crippen LogP contribution in [0.4, 0.5) is 0 Å². The molecular formula is C49H72CaN14O11. The van der Waals surface area contributed by atoms with E-state index in [1.165, 1.54) is 41.7 Å². The number of nitrogens with one attached hydrogen (secondary N) is 7. The van der Waals surface area contributed by atoms with E-state index >= 15 is 0 Å². The van der Waals surface area contributed by atoms with E-state index in [2.05, 4.69) is 46.9 Å². The summed E-state index contributed by atoms with van der Waals surface area (Å²) < 4.78 is 0. The Bertz CT molecular complexity index is 2450. The summed E-state index contributed by atoms with van der Waals surface area (Å²) in [7, 11) is 0. The largest absolute Gasteiger partial charge is 2.00 e. The normalized spacial score (nSPS) is 15.8. The number of likely N-dealkylation sites (tertiary alicyclic amines) is 1. The molecule has 1 saturated heterocycles. The summed E-state index contributed by atoms with van der Waals surface area (Å²) in [6, 6.07) is 4.17. The fourth-order valence-electron chi connectivity index (χ4n) is 8.18. The van der Waals surface area contributed by atoms with Crippen molar-refractivity contribution in [2.75, 3.05) is 13.1 Å². The number of aromatic hydroxyl groups is 1. The maximum Gasteiger partial charge on any atom is 2.00 e. The molecule has 25 nitrogen and oxygen atoms in total. The number of primary amides is 1. The van der Waals surface area contributed by atoms with Crippen molar-refractivity contribution in [2.24, 2.45) is 39.8 Å². The second-order valence-electron chi connectivity index (χ2n) is 18.8.